The zero-order valence-electron chi connectivity index (χ0n) is 7.47. The molecule has 0 fully saturated rings. The zero-order valence-corrected chi connectivity index (χ0v) is 9.06. The summed E-state index contributed by atoms with van der Waals surface area (Å²) in [6.45, 7) is 1.95. The van der Waals surface area contributed by atoms with Gasteiger partial charge in [-0.1, -0.05) is 21.9 Å². The van der Waals surface area contributed by atoms with Crippen molar-refractivity contribution in [3.63, 3.8) is 0 Å². The lowest BCUT2D eigenvalue weighted by Gasteiger charge is -1.97. The molecule has 0 saturated carbocycles. The molecule has 0 aliphatic heterocycles. The topological polar surface area (TPSA) is 38.9 Å². The Bertz CT molecular complexity index is 350. The van der Waals surface area contributed by atoms with Crippen molar-refractivity contribution >= 4 is 21.6 Å². The number of aryl methyl sites for hydroxylation is 1. The molecule has 1 heterocycles. The number of alkyl halides is 1. The Labute approximate surface area is 86.7 Å². The molecule has 3 heteroatoms. The number of rotatable bonds is 1. The van der Waals surface area contributed by atoms with E-state index < -0.39 is 0 Å². The van der Waals surface area contributed by atoms with E-state index in [1.807, 2.05) is 13.0 Å². The van der Waals surface area contributed by atoms with E-state index in [0.29, 0.717) is 5.69 Å². The van der Waals surface area contributed by atoms with Gasteiger partial charge in [0.25, 0.3) is 0 Å². The van der Waals surface area contributed by atoms with Gasteiger partial charge in [0.15, 0.2) is 0 Å². The largest absolute Gasteiger partial charge is 0.397 e. The van der Waals surface area contributed by atoms with Crippen molar-refractivity contribution in [3.8, 4) is 11.8 Å². The summed E-state index contributed by atoms with van der Waals surface area (Å²) < 4.78 is 0. The van der Waals surface area contributed by atoms with Crippen LogP contribution >= 0.6 is 15.9 Å². The Morgan fingerprint density at radius 3 is 3.00 bits per heavy atom. The lowest BCUT2D eigenvalue weighted by Crippen LogP contribution is -1.92. The average Bonchev–Trinajstić information content (AvgIpc) is 2.12. The van der Waals surface area contributed by atoms with Gasteiger partial charge < -0.3 is 5.73 Å². The fourth-order valence-electron chi connectivity index (χ4n) is 0.835. The van der Waals surface area contributed by atoms with Crippen LogP contribution in [-0.2, 0) is 0 Å². The predicted octanol–water partition coefficient (Wildman–Crippen LogP) is 2.11. The molecule has 0 aliphatic rings. The van der Waals surface area contributed by atoms with Gasteiger partial charge in [-0.2, -0.15) is 0 Å². The normalized spacial score (nSPS) is 9.08. The van der Waals surface area contributed by atoms with Crippen molar-refractivity contribution in [2.45, 2.75) is 13.3 Å². The second kappa shape index (κ2) is 4.88. The van der Waals surface area contributed by atoms with Crippen LogP contribution in [0.2, 0.25) is 0 Å². The van der Waals surface area contributed by atoms with Crippen LogP contribution in [0.3, 0.4) is 0 Å². The van der Waals surface area contributed by atoms with E-state index >= 15 is 0 Å². The molecule has 0 bridgehead atoms. The second-order valence-electron chi connectivity index (χ2n) is 2.67. The molecule has 0 atom stereocenters. The molecular weight excluding hydrogens is 228 g/mol. The van der Waals surface area contributed by atoms with Crippen molar-refractivity contribution in [3.05, 3.63) is 23.5 Å². The summed E-state index contributed by atoms with van der Waals surface area (Å²) in [5, 5.41) is 0.897. The van der Waals surface area contributed by atoms with Crippen LogP contribution in [-0.4, -0.2) is 10.3 Å². The summed E-state index contributed by atoms with van der Waals surface area (Å²) in [5.74, 6) is 5.96. The van der Waals surface area contributed by atoms with Crippen molar-refractivity contribution in [2.75, 3.05) is 11.1 Å². The van der Waals surface area contributed by atoms with E-state index in [0.717, 1.165) is 23.0 Å². The average molecular weight is 239 g/mol. The van der Waals surface area contributed by atoms with Gasteiger partial charge in [0, 0.05) is 11.8 Å². The van der Waals surface area contributed by atoms with E-state index in [2.05, 4.69) is 32.8 Å². The number of nitrogens with zero attached hydrogens (tertiary/aromatic N) is 1. The smallest absolute Gasteiger partial charge is 0.113 e. The Kier molecular flexibility index (Phi) is 3.78. The van der Waals surface area contributed by atoms with Crippen LogP contribution in [0.5, 0.6) is 0 Å². The zero-order chi connectivity index (χ0) is 9.68. The first-order valence-corrected chi connectivity index (χ1v) is 5.13. The third-order valence-electron chi connectivity index (χ3n) is 1.59. The summed E-state index contributed by atoms with van der Waals surface area (Å²) in [7, 11) is 0. The highest BCUT2D eigenvalue weighted by molar-refractivity contribution is 9.09. The van der Waals surface area contributed by atoms with Gasteiger partial charge >= 0.3 is 0 Å². The minimum absolute atomic E-state index is 0.714. The molecule has 1 aromatic rings. The SMILES string of the molecule is Cc1cc(C#CCCBr)ncc1N. The number of nitrogen functional groups attached to an aromatic ring is 1. The van der Waals surface area contributed by atoms with Crippen LogP contribution in [0.15, 0.2) is 12.3 Å². The fraction of sp³-hybridized carbons (Fsp3) is 0.300. The van der Waals surface area contributed by atoms with Crippen LogP contribution in [0.1, 0.15) is 17.7 Å². The van der Waals surface area contributed by atoms with Crippen molar-refractivity contribution in [2.24, 2.45) is 0 Å². The van der Waals surface area contributed by atoms with Crippen molar-refractivity contribution < 1.29 is 0 Å². The number of pyridine rings is 1. The molecule has 0 aliphatic carbocycles. The van der Waals surface area contributed by atoms with Crippen LogP contribution in [0.25, 0.3) is 0 Å². The molecular formula is C10H11BrN2. The predicted molar refractivity (Wildman–Crippen MR) is 58.7 cm³/mol. The summed E-state index contributed by atoms with van der Waals surface area (Å²) in [4.78, 5) is 4.10. The Morgan fingerprint density at radius 1 is 1.62 bits per heavy atom. The second-order valence-corrected chi connectivity index (χ2v) is 3.46. The van der Waals surface area contributed by atoms with Crippen LogP contribution in [0, 0.1) is 18.8 Å². The van der Waals surface area contributed by atoms with Crippen LogP contribution < -0.4 is 5.73 Å². The molecule has 68 valence electrons. The molecule has 0 saturated heterocycles. The number of anilines is 1. The summed E-state index contributed by atoms with van der Waals surface area (Å²) >= 11 is 3.31. The Hall–Kier alpha value is -1.01. The minimum atomic E-state index is 0.714. The van der Waals surface area contributed by atoms with Gasteiger partial charge in [-0.25, -0.2) is 4.98 Å². The van der Waals surface area contributed by atoms with Gasteiger partial charge in [-0.15, -0.1) is 0 Å². The van der Waals surface area contributed by atoms with Crippen molar-refractivity contribution in [1.29, 1.82) is 0 Å². The lowest BCUT2D eigenvalue weighted by atomic mass is 10.2. The Balaban J connectivity index is 2.81. The molecule has 13 heavy (non-hydrogen) atoms. The summed E-state index contributed by atoms with van der Waals surface area (Å²) in [5.41, 5.74) is 8.15. The fourth-order valence-corrected chi connectivity index (χ4v) is 1.03. The van der Waals surface area contributed by atoms with E-state index in [1.54, 1.807) is 6.20 Å². The molecule has 1 aromatic heterocycles. The highest BCUT2D eigenvalue weighted by Gasteiger charge is 1.93. The number of nitrogens with two attached hydrogens (primary N) is 1. The minimum Gasteiger partial charge on any atom is -0.397 e. The standard InChI is InChI=1S/C10H11BrN2/c1-8-6-9(4-2-3-5-11)13-7-10(8)12/h6-7H,3,5,12H2,1H3. The Morgan fingerprint density at radius 2 is 2.38 bits per heavy atom. The van der Waals surface area contributed by atoms with E-state index in [1.165, 1.54) is 0 Å². The van der Waals surface area contributed by atoms with Gasteiger partial charge in [0.2, 0.25) is 0 Å². The van der Waals surface area contributed by atoms with Crippen molar-refractivity contribution in [1.82, 2.24) is 4.98 Å². The van der Waals surface area contributed by atoms with Crippen LogP contribution in [0.4, 0.5) is 5.69 Å². The number of aromatic nitrogens is 1. The maximum Gasteiger partial charge on any atom is 0.113 e. The maximum absolute atomic E-state index is 5.63. The van der Waals surface area contributed by atoms with Gasteiger partial charge in [0.05, 0.1) is 11.9 Å². The monoisotopic (exact) mass is 238 g/mol. The first kappa shape index (κ1) is 10.1. The number of hydrogen-bond acceptors (Lipinski definition) is 2. The highest BCUT2D eigenvalue weighted by Crippen LogP contribution is 2.08. The third-order valence-corrected chi connectivity index (χ3v) is 1.98. The van der Waals surface area contributed by atoms with Gasteiger partial charge in [-0.05, 0) is 24.5 Å². The first-order chi connectivity index (χ1) is 6.24. The summed E-state index contributed by atoms with van der Waals surface area (Å²) in [6, 6.07) is 1.90. The first-order valence-electron chi connectivity index (χ1n) is 4.01. The van der Waals surface area contributed by atoms with Gasteiger partial charge in [0.1, 0.15) is 5.69 Å². The van der Waals surface area contributed by atoms with E-state index in [4.69, 9.17) is 5.73 Å². The maximum atomic E-state index is 5.63. The quantitative estimate of drug-likeness (QED) is 0.602. The number of hydrogen-bond donors (Lipinski definition) is 1. The summed E-state index contributed by atoms with van der Waals surface area (Å²) in [6.07, 6.45) is 2.48. The van der Waals surface area contributed by atoms with E-state index in [9.17, 15) is 0 Å². The third kappa shape index (κ3) is 3.08. The molecule has 2 nitrogen and oxygen atoms in total. The molecule has 2 N–H and O–H groups in total. The van der Waals surface area contributed by atoms with Gasteiger partial charge in [-0.3, -0.25) is 0 Å². The molecule has 1 rings (SSSR count). The molecule has 0 unspecified atom stereocenters. The molecule has 0 amide bonds. The molecule has 0 radical (unpaired) electrons. The van der Waals surface area contributed by atoms with E-state index in [-0.39, 0.29) is 0 Å². The molecule has 0 aromatic carbocycles. The molecule has 0 spiro atoms. The number of halogens is 1. The highest BCUT2D eigenvalue weighted by atomic mass is 79.9. The lowest BCUT2D eigenvalue weighted by molar-refractivity contribution is 1.25.